The van der Waals surface area contributed by atoms with E-state index in [-0.39, 0.29) is 5.84 Å². The van der Waals surface area contributed by atoms with Gasteiger partial charge in [0.05, 0.1) is 0 Å². The summed E-state index contributed by atoms with van der Waals surface area (Å²) in [5.74, 6) is 0.0592. The third-order valence-corrected chi connectivity index (χ3v) is 1.68. The summed E-state index contributed by atoms with van der Waals surface area (Å²) in [7, 11) is 0. The Morgan fingerprint density at radius 3 is 2.70 bits per heavy atom. The smallest absolute Gasteiger partial charge is 0.124 e. The molecule has 0 radical (unpaired) electrons. The summed E-state index contributed by atoms with van der Waals surface area (Å²) >= 11 is 2.10. The number of aromatic nitrogens is 1. The van der Waals surface area contributed by atoms with Gasteiger partial charge in [-0.3, -0.25) is 5.41 Å². The maximum atomic E-state index is 7.04. The van der Waals surface area contributed by atoms with Crippen molar-refractivity contribution in [1.82, 2.24) is 4.98 Å². The van der Waals surface area contributed by atoms with E-state index in [1.165, 1.54) is 0 Å². The number of hydrogen-bond donors (Lipinski definition) is 2. The number of pyridine rings is 1. The van der Waals surface area contributed by atoms with Gasteiger partial charge in [-0.2, -0.15) is 0 Å². The van der Waals surface area contributed by atoms with Gasteiger partial charge < -0.3 is 5.73 Å². The Balaban J connectivity index is 3.00. The number of nitrogens with zero attached hydrogens (tertiary/aromatic N) is 1. The molecule has 3 nitrogen and oxygen atoms in total. The fourth-order valence-corrected chi connectivity index (χ4v) is 0.854. The van der Waals surface area contributed by atoms with E-state index in [0.29, 0.717) is 5.56 Å². The lowest BCUT2D eigenvalue weighted by Gasteiger charge is -1.94. The Labute approximate surface area is 72.3 Å². The van der Waals surface area contributed by atoms with E-state index >= 15 is 0 Å². The van der Waals surface area contributed by atoms with Crippen molar-refractivity contribution < 1.29 is 0 Å². The van der Waals surface area contributed by atoms with Crippen molar-refractivity contribution in [2.24, 2.45) is 5.73 Å². The summed E-state index contributed by atoms with van der Waals surface area (Å²) in [5, 5.41) is 7.04. The summed E-state index contributed by atoms with van der Waals surface area (Å²) in [6.07, 6.45) is 1.59. The second kappa shape index (κ2) is 2.96. The lowest BCUT2D eigenvalue weighted by atomic mass is 10.3. The molecule has 4 heteroatoms. The van der Waals surface area contributed by atoms with Gasteiger partial charge in [0, 0.05) is 11.8 Å². The van der Waals surface area contributed by atoms with Crippen LogP contribution in [0.1, 0.15) is 5.56 Å². The second-order valence-electron chi connectivity index (χ2n) is 1.78. The summed E-state index contributed by atoms with van der Waals surface area (Å²) < 4.78 is 0.905. The highest BCUT2D eigenvalue weighted by Crippen LogP contribution is 2.01. The number of halogens is 1. The number of hydrogen-bond acceptors (Lipinski definition) is 2. The van der Waals surface area contributed by atoms with Crippen LogP contribution in [0.3, 0.4) is 0 Å². The van der Waals surface area contributed by atoms with Gasteiger partial charge in [-0.1, -0.05) is 0 Å². The molecule has 0 saturated heterocycles. The van der Waals surface area contributed by atoms with Crippen LogP contribution in [0.15, 0.2) is 18.3 Å². The largest absolute Gasteiger partial charge is 0.384 e. The highest BCUT2D eigenvalue weighted by molar-refractivity contribution is 14.1. The van der Waals surface area contributed by atoms with Crippen LogP contribution in [-0.4, -0.2) is 10.8 Å². The average molecular weight is 247 g/mol. The highest BCUT2D eigenvalue weighted by atomic mass is 127. The molecule has 10 heavy (non-hydrogen) atoms. The van der Waals surface area contributed by atoms with Crippen molar-refractivity contribution in [2.45, 2.75) is 0 Å². The molecule has 0 unspecified atom stereocenters. The minimum absolute atomic E-state index is 0.0592. The molecule has 1 aromatic rings. The summed E-state index contributed by atoms with van der Waals surface area (Å²) in [6, 6.07) is 3.59. The Morgan fingerprint density at radius 2 is 2.30 bits per heavy atom. The van der Waals surface area contributed by atoms with Gasteiger partial charge in [-0.15, -0.1) is 0 Å². The van der Waals surface area contributed by atoms with Crippen molar-refractivity contribution in [3.8, 4) is 0 Å². The molecule has 1 aromatic heterocycles. The first-order valence-corrected chi connectivity index (χ1v) is 3.74. The standard InChI is InChI=1S/C6H6IN3/c7-5-2-1-4(3-10-5)6(8)9/h1-3H,(H3,8,9). The molecule has 0 aromatic carbocycles. The molecule has 0 spiro atoms. The molecule has 0 saturated carbocycles. The van der Waals surface area contributed by atoms with Crippen LogP contribution in [0.25, 0.3) is 0 Å². The van der Waals surface area contributed by atoms with E-state index in [1.807, 2.05) is 6.07 Å². The van der Waals surface area contributed by atoms with E-state index in [2.05, 4.69) is 27.6 Å². The number of amidine groups is 1. The molecule has 0 atom stereocenters. The zero-order valence-electron chi connectivity index (χ0n) is 5.13. The lowest BCUT2D eigenvalue weighted by molar-refractivity contribution is 1.25. The summed E-state index contributed by atoms with van der Waals surface area (Å²) in [4.78, 5) is 3.97. The zero-order chi connectivity index (χ0) is 7.56. The van der Waals surface area contributed by atoms with Crippen LogP contribution in [0.2, 0.25) is 0 Å². The van der Waals surface area contributed by atoms with Gasteiger partial charge in [0.1, 0.15) is 9.54 Å². The summed E-state index contributed by atoms with van der Waals surface area (Å²) in [5.41, 5.74) is 5.87. The topological polar surface area (TPSA) is 62.8 Å². The molecule has 52 valence electrons. The molecule has 1 heterocycles. The normalized spacial score (nSPS) is 9.30. The SMILES string of the molecule is N=C(N)c1ccc(I)nc1. The molecule has 0 aliphatic heterocycles. The fourth-order valence-electron chi connectivity index (χ4n) is 0.535. The Morgan fingerprint density at radius 1 is 1.60 bits per heavy atom. The van der Waals surface area contributed by atoms with Gasteiger partial charge in [0.15, 0.2) is 0 Å². The average Bonchev–Trinajstić information content (AvgIpc) is 1.88. The Kier molecular flexibility index (Phi) is 2.21. The van der Waals surface area contributed by atoms with E-state index < -0.39 is 0 Å². The molecule has 0 aliphatic carbocycles. The summed E-state index contributed by atoms with van der Waals surface area (Å²) in [6.45, 7) is 0. The molecule has 0 fully saturated rings. The second-order valence-corrected chi connectivity index (χ2v) is 2.89. The first kappa shape index (κ1) is 7.46. The third kappa shape index (κ3) is 1.66. The van der Waals surface area contributed by atoms with Crippen LogP contribution in [0.4, 0.5) is 0 Å². The van der Waals surface area contributed by atoms with Crippen molar-refractivity contribution in [2.75, 3.05) is 0 Å². The number of nitrogens with one attached hydrogen (secondary N) is 1. The minimum atomic E-state index is 0.0592. The Bertz CT molecular complexity index is 242. The van der Waals surface area contributed by atoms with Crippen molar-refractivity contribution >= 4 is 28.4 Å². The maximum absolute atomic E-state index is 7.04. The number of nitrogens with two attached hydrogens (primary N) is 1. The first-order chi connectivity index (χ1) is 4.70. The lowest BCUT2D eigenvalue weighted by Crippen LogP contribution is -2.11. The molecule has 1 rings (SSSR count). The van der Waals surface area contributed by atoms with Crippen molar-refractivity contribution in [1.29, 1.82) is 5.41 Å². The van der Waals surface area contributed by atoms with Gasteiger partial charge in [0.25, 0.3) is 0 Å². The highest BCUT2D eigenvalue weighted by Gasteiger charge is 1.94. The van der Waals surface area contributed by atoms with E-state index in [4.69, 9.17) is 11.1 Å². The molecular formula is C6H6IN3. The predicted octanol–water partition coefficient (Wildman–Crippen LogP) is 0.970. The Hall–Kier alpha value is -0.650. The molecule has 0 amide bonds. The fraction of sp³-hybridized carbons (Fsp3) is 0. The van der Waals surface area contributed by atoms with Crippen molar-refractivity contribution in [3.05, 3.63) is 27.6 Å². The predicted molar refractivity (Wildman–Crippen MR) is 48.0 cm³/mol. The van der Waals surface area contributed by atoms with Crippen LogP contribution < -0.4 is 5.73 Å². The van der Waals surface area contributed by atoms with E-state index in [9.17, 15) is 0 Å². The van der Waals surface area contributed by atoms with Crippen LogP contribution in [-0.2, 0) is 0 Å². The van der Waals surface area contributed by atoms with E-state index in [1.54, 1.807) is 12.3 Å². The first-order valence-electron chi connectivity index (χ1n) is 2.66. The van der Waals surface area contributed by atoms with Crippen LogP contribution >= 0.6 is 22.6 Å². The number of nitrogen functional groups attached to an aromatic ring is 1. The molecule has 3 N–H and O–H groups in total. The quantitative estimate of drug-likeness (QED) is 0.336. The molecule has 0 bridgehead atoms. The zero-order valence-corrected chi connectivity index (χ0v) is 7.29. The molecule has 0 aliphatic rings. The van der Waals surface area contributed by atoms with E-state index in [0.717, 1.165) is 3.70 Å². The van der Waals surface area contributed by atoms with Gasteiger partial charge >= 0.3 is 0 Å². The monoisotopic (exact) mass is 247 g/mol. The van der Waals surface area contributed by atoms with Crippen molar-refractivity contribution in [3.63, 3.8) is 0 Å². The van der Waals surface area contributed by atoms with Crippen LogP contribution in [0, 0.1) is 9.11 Å². The van der Waals surface area contributed by atoms with Crippen LogP contribution in [0.5, 0.6) is 0 Å². The maximum Gasteiger partial charge on any atom is 0.124 e. The molecular weight excluding hydrogens is 241 g/mol. The third-order valence-electron chi connectivity index (χ3n) is 1.04. The van der Waals surface area contributed by atoms with Gasteiger partial charge in [-0.25, -0.2) is 4.98 Å². The number of rotatable bonds is 1. The van der Waals surface area contributed by atoms with Gasteiger partial charge in [-0.05, 0) is 34.7 Å². The minimum Gasteiger partial charge on any atom is -0.384 e. The van der Waals surface area contributed by atoms with Gasteiger partial charge in [0.2, 0.25) is 0 Å².